The molecule has 2 atom stereocenters. The molecule has 0 saturated heterocycles. The van der Waals surface area contributed by atoms with Gasteiger partial charge in [-0.25, -0.2) is 9.37 Å². The molecule has 1 amide bonds. The molecule has 2 N–H and O–H groups in total. The number of aryl methyl sites for hydroxylation is 1. The molecule has 5 rings (SSSR count). The molecule has 0 aliphatic heterocycles. The van der Waals surface area contributed by atoms with E-state index in [1.165, 1.54) is 18.2 Å². The Morgan fingerprint density at radius 3 is 2.64 bits per heavy atom. The first-order valence-corrected chi connectivity index (χ1v) is 11.6. The highest BCUT2D eigenvalue weighted by atomic mass is 35.5. The number of hydrogen-bond donors (Lipinski definition) is 2. The molecule has 0 radical (unpaired) electrons. The van der Waals surface area contributed by atoms with Crippen LogP contribution in [0.4, 0.5) is 10.1 Å². The SMILES string of the molecule is Cn1cnc(C2CC3CC(O)(C#CC4CC(=O)C4)CC3C2)c1C(=O)Nc1ccc(F)c(Cl)c1. The van der Waals surface area contributed by atoms with Crippen molar-refractivity contribution in [2.24, 2.45) is 24.8 Å². The van der Waals surface area contributed by atoms with Gasteiger partial charge in [-0.05, 0) is 55.7 Å². The number of nitrogens with one attached hydrogen (secondary N) is 1. The number of rotatable bonds is 3. The number of carbonyl (C=O) groups is 2. The van der Waals surface area contributed by atoms with Crippen molar-refractivity contribution >= 4 is 29.0 Å². The minimum atomic E-state index is -0.981. The Labute approximate surface area is 196 Å². The standard InChI is InChI=1S/C25H25ClFN3O3/c1-30-13-28-22(23(30)24(32)29-18-2-3-21(27)20(26)10-18)15-8-16-11-25(33,12-17(16)9-15)5-4-14-6-19(31)7-14/h2-3,10,13-17,33H,6-9,11-12H2,1H3,(H,29,32). The number of Topliss-reactive ketones (excluding diaryl/α,β-unsaturated/α-hetero) is 1. The molecule has 8 heteroatoms. The first-order chi connectivity index (χ1) is 15.7. The number of imidazole rings is 1. The van der Waals surface area contributed by atoms with Gasteiger partial charge in [0.2, 0.25) is 0 Å². The van der Waals surface area contributed by atoms with Crippen molar-refractivity contribution in [1.82, 2.24) is 9.55 Å². The van der Waals surface area contributed by atoms with Crippen molar-refractivity contribution in [2.45, 2.75) is 50.0 Å². The van der Waals surface area contributed by atoms with Crippen LogP contribution in [0.2, 0.25) is 5.02 Å². The summed E-state index contributed by atoms with van der Waals surface area (Å²) < 4.78 is 15.1. The van der Waals surface area contributed by atoms with E-state index in [0.717, 1.165) is 18.5 Å². The van der Waals surface area contributed by atoms with Gasteiger partial charge in [-0.2, -0.15) is 0 Å². The average molecular weight is 470 g/mol. The van der Waals surface area contributed by atoms with E-state index < -0.39 is 11.4 Å². The predicted octanol–water partition coefficient (Wildman–Crippen LogP) is 4.08. The number of anilines is 1. The minimum absolute atomic E-state index is 0.0545. The largest absolute Gasteiger partial charge is 0.378 e. The number of benzene rings is 1. The molecule has 3 saturated carbocycles. The van der Waals surface area contributed by atoms with Gasteiger partial charge in [0, 0.05) is 37.4 Å². The van der Waals surface area contributed by atoms with Gasteiger partial charge in [-0.3, -0.25) is 9.59 Å². The monoisotopic (exact) mass is 469 g/mol. The van der Waals surface area contributed by atoms with Gasteiger partial charge < -0.3 is 15.0 Å². The quantitative estimate of drug-likeness (QED) is 0.663. The second kappa shape index (κ2) is 8.27. The van der Waals surface area contributed by atoms with Crippen LogP contribution in [0, 0.1) is 35.4 Å². The number of aliphatic hydroxyl groups is 1. The lowest BCUT2D eigenvalue weighted by molar-refractivity contribution is -0.125. The third-order valence-corrected chi connectivity index (χ3v) is 7.53. The van der Waals surface area contributed by atoms with Gasteiger partial charge in [0.25, 0.3) is 5.91 Å². The molecule has 172 valence electrons. The molecule has 3 fully saturated rings. The molecule has 0 spiro atoms. The number of amides is 1. The summed E-state index contributed by atoms with van der Waals surface area (Å²) in [5.41, 5.74) is 0.662. The highest BCUT2D eigenvalue weighted by molar-refractivity contribution is 6.31. The van der Waals surface area contributed by atoms with E-state index in [4.69, 9.17) is 11.6 Å². The van der Waals surface area contributed by atoms with Crippen molar-refractivity contribution in [3.63, 3.8) is 0 Å². The van der Waals surface area contributed by atoms with E-state index in [1.54, 1.807) is 17.9 Å². The zero-order valence-corrected chi connectivity index (χ0v) is 19.0. The lowest BCUT2D eigenvalue weighted by atomic mass is 9.83. The van der Waals surface area contributed by atoms with E-state index in [0.29, 0.717) is 48.9 Å². The summed E-state index contributed by atoms with van der Waals surface area (Å²) in [6, 6.07) is 4.07. The molecule has 1 aromatic carbocycles. The van der Waals surface area contributed by atoms with Crippen molar-refractivity contribution in [1.29, 1.82) is 0 Å². The Bertz CT molecular complexity index is 1180. The average Bonchev–Trinajstić information content (AvgIpc) is 3.38. The van der Waals surface area contributed by atoms with Crippen LogP contribution in [0.3, 0.4) is 0 Å². The van der Waals surface area contributed by atoms with Crippen molar-refractivity contribution in [3.8, 4) is 11.8 Å². The van der Waals surface area contributed by atoms with Crippen LogP contribution in [0.15, 0.2) is 24.5 Å². The van der Waals surface area contributed by atoms with Crippen LogP contribution in [-0.2, 0) is 11.8 Å². The van der Waals surface area contributed by atoms with E-state index >= 15 is 0 Å². The predicted molar refractivity (Wildman–Crippen MR) is 121 cm³/mol. The van der Waals surface area contributed by atoms with Crippen LogP contribution in [0.1, 0.15) is 60.6 Å². The second-order valence-electron chi connectivity index (χ2n) is 9.71. The molecule has 1 heterocycles. The van der Waals surface area contributed by atoms with E-state index in [9.17, 15) is 19.1 Å². The molecule has 2 aromatic rings. The highest BCUT2D eigenvalue weighted by Crippen LogP contribution is 2.53. The molecule has 3 aliphatic carbocycles. The molecule has 6 nitrogen and oxygen atoms in total. The molecule has 2 unspecified atom stereocenters. The van der Waals surface area contributed by atoms with Gasteiger partial charge in [-0.1, -0.05) is 23.4 Å². The molecular formula is C25H25ClFN3O3. The van der Waals surface area contributed by atoms with Crippen LogP contribution >= 0.6 is 11.6 Å². The Kier molecular flexibility index (Phi) is 5.54. The first-order valence-electron chi connectivity index (χ1n) is 11.2. The molecular weight excluding hydrogens is 445 g/mol. The summed E-state index contributed by atoms with van der Waals surface area (Å²) >= 11 is 5.83. The third kappa shape index (κ3) is 4.30. The normalized spacial score (nSPS) is 28.7. The Hall–Kier alpha value is -2.69. The summed E-state index contributed by atoms with van der Waals surface area (Å²) in [6.45, 7) is 0. The fraction of sp³-hybridized carbons (Fsp3) is 0.480. The first kappa shape index (κ1) is 22.1. The van der Waals surface area contributed by atoms with Gasteiger partial charge in [0.05, 0.1) is 17.0 Å². The number of halogens is 2. The molecule has 3 aliphatic rings. The molecule has 1 aromatic heterocycles. The Morgan fingerprint density at radius 2 is 2.00 bits per heavy atom. The van der Waals surface area contributed by atoms with Crippen molar-refractivity contribution in [3.05, 3.63) is 46.8 Å². The Balaban J connectivity index is 1.27. The maximum absolute atomic E-state index is 13.4. The lowest BCUT2D eigenvalue weighted by Crippen LogP contribution is -2.26. The fourth-order valence-electron chi connectivity index (χ4n) is 5.60. The smallest absolute Gasteiger partial charge is 0.274 e. The number of hydrogen-bond acceptors (Lipinski definition) is 4. The maximum atomic E-state index is 13.4. The topological polar surface area (TPSA) is 84.2 Å². The highest BCUT2D eigenvalue weighted by Gasteiger charge is 2.49. The van der Waals surface area contributed by atoms with Crippen LogP contribution in [0.25, 0.3) is 0 Å². The second-order valence-corrected chi connectivity index (χ2v) is 10.1. The zero-order valence-electron chi connectivity index (χ0n) is 18.3. The number of aromatic nitrogens is 2. The molecule has 33 heavy (non-hydrogen) atoms. The summed E-state index contributed by atoms with van der Waals surface area (Å²) in [5.74, 6) is 6.42. The van der Waals surface area contributed by atoms with E-state index in [-0.39, 0.29) is 28.5 Å². The zero-order chi connectivity index (χ0) is 23.3. The summed E-state index contributed by atoms with van der Waals surface area (Å²) in [4.78, 5) is 28.7. The minimum Gasteiger partial charge on any atom is -0.378 e. The van der Waals surface area contributed by atoms with Crippen molar-refractivity contribution in [2.75, 3.05) is 5.32 Å². The fourth-order valence-corrected chi connectivity index (χ4v) is 5.78. The van der Waals surface area contributed by atoms with Crippen LogP contribution in [-0.4, -0.2) is 31.9 Å². The summed E-state index contributed by atoms with van der Waals surface area (Å²) in [6.07, 6.45) is 5.57. The van der Waals surface area contributed by atoms with Gasteiger partial charge in [0.15, 0.2) is 0 Å². The van der Waals surface area contributed by atoms with E-state index in [1.807, 2.05) is 0 Å². The third-order valence-electron chi connectivity index (χ3n) is 7.24. The number of fused-ring (bicyclic) bond motifs is 1. The number of nitrogens with zero attached hydrogens (tertiary/aromatic N) is 2. The van der Waals surface area contributed by atoms with Gasteiger partial charge in [0.1, 0.15) is 22.9 Å². The van der Waals surface area contributed by atoms with Crippen LogP contribution < -0.4 is 5.32 Å². The maximum Gasteiger partial charge on any atom is 0.274 e. The van der Waals surface area contributed by atoms with E-state index in [2.05, 4.69) is 22.1 Å². The van der Waals surface area contributed by atoms with Gasteiger partial charge >= 0.3 is 0 Å². The number of ketones is 1. The summed E-state index contributed by atoms with van der Waals surface area (Å²) in [7, 11) is 1.78. The Morgan fingerprint density at radius 1 is 1.30 bits per heavy atom. The lowest BCUT2D eigenvalue weighted by Gasteiger charge is -2.21. The summed E-state index contributed by atoms with van der Waals surface area (Å²) in [5, 5.41) is 13.7. The van der Waals surface area contributed by atoms with Crippen LogP contribution in [0.5, 0.6) is 0 Å². The van der Waals surface area contributed by atoms with Crippen molar-refractivity contribution < 1.29 is 19.1 Å². The van der Waals surface area contributed by atoms with Gasteiger partial charge in [-0.15, -0.1) is 0 Å². The number of carbonyl (C=O) groups excluding carboxylic acids is 2. The molecule has 0 bridgehead atoms.